The fourth-order valence-corrected chi connectivity index (χ4v) is 6.02. The molecule has 41 heavy (non-hydrogen) atoms. The van der Waals surface area contributed by atoms with E-state index in [-0.39, 0.29) is 29.1 Å². The van der Waals surface area contributed by atoms with Crippen molar-refractivity contribution < 1.29 is 22.7 Å². The van der Waals surface area contributed by atoms with E-state index in [2.05, 4.69) is 5.32 Å². The van der Waals surface area contributed by atoms with Gasteiger partial charge in [0.05, 0.1) is 17.2 Å². The van der Waals surface area contributed by atoms with Crippen molar-refractivity contribution in [1.82, 2.24) is 10.2 Å². The molecule has 0 aliphatic carbocycles. The average molecular weight is 580 g/mol. The van der Waals surface area contributed by atoms with Crippen molar-refractivity contribution in [2.75, 3.05) is 17.5 Å². The van der Waals surface area contributed by atoms with Gasteiger partial charge in [-0.1, -0.05) is 66.6 Å². The minimum atomic E-state index is -4.19. The Morgan fingerprint density at radius 1 is 0.902 bits per heavy atom. The molecule has 1 atom stereocenters. The molecule has 0 heterocycles. The number of nitrogens with one attached hydrogen (secondary N) is 1. The third-order valence-electron chi connectivity index (χ3n) is 6.57. The predicted molar refractivity (Wildman–Crippen MR) is 162 cm³/mol. The van der Waals surface area contributed by atoms with Gasteiger partial charge in [0.25, 0.3) is 10.0 Å². The molecule has 0 saturated heterocycles. The van der Waals surface area contributed by atoms with Gasteiger partial charge in [-0.2, -0.15) is 0 Å². The Labute approximate surface area is 244 Å². The molecule has 0 bridgehead atoms. The normalized spacial score (nSPS) is 12.1. The average Bonchev–Trinajstić information content (AvgIpc) is 2.92. The third kappa shape index (κ3) is 8.10. The highest BCUT2D eigenvalue weighted by Gasteiger charge is 2.34. The van der Waals surface area contributed by atoms with Crippen molar-refractivity contribution in [1.29, 1.82) is 0 Å². The van der Waals surface area contributed by atoms with E-state index in [0.717, 1.165) is 21.0 Å². The lowest BCUT2D eigenvalue weighted by Crippen LogP contribution is -2.53. The van der Waals surface area contributed by atoms with Crippen molar-refractivity contribution in [3.63, 3.8) is 0 Å². The first-order chi connectivity index (χ1) is 19.5. The number of carbonyl (C=O) groups excluding carboxylic acids is 2. The number of ether oxygens (including phenoxy) is 1. The van der Waals surface area contributed by atoms with Gasteiger partial charge in [0, 0.05) is 12.6 Å². The molecule has 0 radical (unpaired) electrons. The van der Waals surface area contributed by atoms with Gasteiger partial charge in [-0.05, 0) is 70.9 Å². The summed E-state index contributed by atoms with van der Waals surface area (Å²) in [6.07, 6.45) is 0.357. The quantitative estimate of drug-likeness (QED) is 0.299. The number of para-hydroxylation sites is 2. The van der Waals surface area contributed by atoms with Crippen molar-refractivity contribution in [3.8, 4) is 5.75 Å². The number of hydrogen-bond acceptors (Lipinski definition) is 5. The summed E-state index contributed by atoms with van der Waals surface area (Å²) in [7, 11) is -4.19. The standard InChI is InChI=1S/C32H41N3O5S/c1-7-28(32(37)33-23(3)4)34(21-26-13-11-12-25(6)20-26)31(36)22-35(29-14-9-10-15-30(29)40-8-2)41(38,39)27-18-16-24(5)17-19-27/h9-20,23,28H,7-8,21-22H2,1-6H3,(H,33,37)/t28-/m0/s1. The van der Waals surface area contributed by atoms with Crippen LogP contribution in [0.2, 0.25) is 0 Å². The molecule has 8 nitrogen and oxygen atoms in total. The Balaban J connectivity index is 2.12. The molecule has 0 saturated carbocycles. The number of amides is 2. The molecule has 0 unspecified atom stereocenters. The number of benzene rings is 3. The van der Waals surface area contributed by atoms with Gasteiger partial charge in [0.15, 0.2) is 0 Å². The predicted octanol–water partition coefficient (Wildman–Crippen LogP) is 5.23. The minimum absolute atomic E-state index is 0.0528. The summed E-state index contributed by atoms with van der Waals surface area (Å²) in [5.74, 6) is -0.446. The second kappa shape index (κ2) is 14.2. The van der Waals surface area contributed by atoms with Gasteiger partial charge in [-0.25, -0.2) is 8.42 Å². The summed E-state index contributed by atoms with van der Waals surface area (Å²) in [5.41, 5.74) is 3.02. The van der Waals surface area contributed by atoms with E-state index in [1.807, 2.05) is 65.8 Å². The summed E-state index contributed by atoms with van der Waals surface area (Å²) in [6, 6.07) is 20.0. The highest BCUT2D eigenvalue weighted by Crippen LogP contribution is 2.33. The molecule has 0 aliphatic heterocycles. The second-order valence-corrected chi connectivity index (χ2v) is 12.2. The molecule has 0 spiro atoms. The maximum absolute atomic E-state index is 14.2. The van der Waals surface area contributed by atoms with Crippen LogP contribution in [-0.4, -0.2) is 50.4 Å². The molecule has 3 aromatic carbocycles. The first-order valence-corrected chi connectivity index (χ1v) is 15.4. The van der Waals surface area contributed by atoms with E-state index in [1.165, 1.54) is 17.0 Å². The first-order valence-electron chi connectivity index (χ1n) is 13.9. The lowest BCUT2D eigenvalue weighted by molar-refractivity contribution is -0.140. The van der Waals surface area contributed by atoms with Crippen LogP contribution in [0.5, 0.6) is 5.75 Å². The molecule has 0 aromatic heterocycles. The molecule has 9 heteroatoms. The van der Waals surface area contributed by atoms with E-state index < -0.39 is 28.5 Å². The van der Waals surface area contributed by atoms with Gasteiger partial charge in [-0.15, -0.1) is 0 Å². The van der Waals surface area contributed by atoms with Crippen LogP contribution in [0.3, 0.4) is 0 Å². The van der Waals surface area contributed by atoms with Crippen molar-refractivity contribution in [2.24, 2.45) is 0 Å². The molecule has 3 aromatic rings. The van der Waals surface area contributed by atoms with Crippen LogP contribution in [0, 0.1) is 13.8 Å². The van der Waals surface area contributed by atoms with Gasteiger partial charge in [0.2, 0.25) is 11.8 Å². The van der Waals surface area contributed by atoms with Crippen molar-refractivity contribution in [3.05, 3.63) is 89.5 Å². The summed E-state index contributed by atoms with van der Waals surface area (Å²) >= 11 is 0. The van der Waals surface area contributed by atoms with Crippen LogP contribution in [0.25, 0.3) is 0 Å². The van der Waals surface area contributed by atoms with E-state index in [0.29, 0.717) is 18.8 Å². The topological polar surface area (TPSA) is 96.0 Å². The molecule has 220 valence electrons. The van der Waals surface area contributed by atoms with E-state index >= 15 is 0 Å². The number of anilines is 1. The number of aryl methyl sites for hydroxylation is 2. The summed E-state index contributed by atoms with van der Waals surface area (Å²) in [6.45, 7) is 11.1. The van der Waals surface area contributed by atoms with E-state index in [1.54, 1.807) is 36.4 Å². The molecule has 2 amide bonds. The number of nitrogens with zero attached hydrogens (tertiary/aromatic N) is 2. The van der Waals surface area contributed by atoms with E-state index in [4.69, 9.17) is 4.74 Å². The number of hydrogen-bond donors (Lipinski definition) is 1. The smallest absolute Gasteiger partial charge is 0.264 e. The van der Waals surface area contributed by atoms with Gasteiger partial charge in [0.1, 0.15) is 18.3 Å². The Hall–Kier alpha value is -3.85. The largest absolute Gasteiger partial charge is 0.492 e. The highest BCUT2D eigenvalue weighted by molar-refractivity contribution is 7.92. The number of carbonyl (C=O) groups is 2. The number of rotatable bonds is 13. The van der Waals surface area contributed by atoms with Gasteiger partial charge >= 0.3 is 0 Å². The maximum atomic E-state index is 14.2. The van der Waals surface area contributed by atoms with Crippen molar-refractivity contribution >= 4 is 27.5 Å². The highest BCUT2D eigenvalue weighted by atomic mass is 32.2. The lowest BCUT2D eigenvalue weighted by atomic mass is 10.1. The van der Waals surface area contributed by atoms with Crippen LogP contribution in [0.15, 0.2) is 77.7 Å². The molecule has 0 aliphatic rings. The van der Waals surface area contributed by atoms with Crippen LogP contribution >= 0.6 is 0 Å². The fourth-order valence-electron chi connectivity index (χ4n) is 4.60. The molecular formula is C32H41N3O5S. The lowest BCUT2D eigenvalue weighted by Gasteiger charge is -2.34. The maximum Gasteiger partial charge on any atom is 0.264 e. The molecular weight excluding hydrogens is 538 g/mol. The number of sulfonamides is 1. The van der Waals surface area contributed by atoms with Gasteiger partial charge < -0.3 is 15.0 Å². The van der Waals surface area contributed by atoms with Crippen LogP contribution in [0.1, 0.15) is 50.8 Å². The van der Waals surface area contributed by atoms with Gasteiger partial charge in [-0.3, -0.25) is 13.9 Å². The van der Waals surface area contributed by atoms with Crippen LogP contribution in [-0.2, 0) is 26.2 Å². The zero-order valence-electron chi connectivity index (χ0n) is 24.8. The minimum Gasteiger partial charge on any atom is -0.492 e. The fraction of sp³-hybridized carbons (Fsp3) is 0.375. The first kappa shape index (κ1) is 31.7. The Kier molecular flexibility index (Phi) is 10.9. The molecule has 0 fully saturated rings. The Bertz CT molecular complexity index is 1440. The van der Waals surface area contributed by atoms with Crippen LogP contribution < -0.4 is 14.4 Å². The molecule has 3 rings (SSSR count). The Morgan fingerprint density at radius 3 is 2.20 bits per heavy atom. The monoisotopic (exact) mass is 579 g/mol. The zero-order valence-corrected chi connectivity index (χ0v) is 25.6. The summed E-state index contributed by atoms with van der Waals surface area (Å²) in [4.78, 5) is 29.0. The SMILES string of the molecule is CCOc1ccccc1N(CC(=O)N(Cc1cccc(C)c1)[C@@H](CC)C(=O)NC(C)C)S(=O)(=O)c1ccc(C)cc1. The van der Waals surface area contributed by atoms with E-state index in [9.17, 15) is 18.0 Å². The van der Waals surface area contributed by atoms with Crippen LogP contribution in [0.4, 0.5) is 5.69 Å². The molecule has 1 N–H and O–H groups in total. The summed E-state index contributed by atoms with van der Waals surface area (Å²) in [5, 5.41) is 2.91. The Morgan fingerprint density at radius 2 is 1.59 bits per heavy atom. The van der Waals surface area contributed by atoms with Crippen molar-refractivity contribution in [2.45, 2.75) is 71.5 Å². The zero-order chi connectivity index (χ0) is 30.2. The third-order valence-corrected chi connectivity index (χ3v) is 8.35. The summed E-state index contributed by atoms with van der Waals surface area (Å²) < 4.78 is 35.1. The second-order valence-electron chi connectivity index (χ2n) is 10.3.